The van der Waals surface area contributed by atoms with Crippen LogP contribution in [0.3, 0.4) is 0 Å². The summed E-state index contributed by atoms with van der Waals surface area (Å²) in [5, 5.41) is 0. The van der Waals surface area contributed by atoms with Crippen molar-refractivity contribution in [2.24, 2.45) is 0 Å². The van der Waals surface area contributed by atoms with Crippen LogP contribution < -0.4 is 4.74 Å². The van der Waals surface area contributed by atoms with E-state index >= 15 is 0 Å². The molecule has 4 heteroatoms. The van der Waals surface area contributed by atoms with Crippen LogP contribution in [0, 0.1) is 0 Å². The Balaban J connectivity index is 1.98. The summed E-state index contributed by atoms with van der Waals surface area (Å²) in [5.74, 6) is 0.841. The van der Waals surface area contributed by atoms with Crippen LogP contribution >= 0.6 is 0 Å². The molecule has 0 unspecified atom stereocenters. The molecular weight excluding hydrogens is 220 g/mol. The quantitative estimate of drug-likeness (QED) is 0.577. The lowest BCUT2D eigenvalue weighted by atomic mass is 9.98. The monoisotopic (exact) mass is 236 g/mol. The molecule has 0 radical (unpaired) electrons. The summed E-state index contributed by atoms with van der Waals surface area (Å²) in [6.45, 7) is 1.57. The van der Waals surface area contributed by atoms with Crippen LogP contribution in [0.1, 0.15) is 17.9 Å². The van der Waals surface area contributed by atoms with E-state index in [2.05, 4.69) is 0 Å². The van der Waals surface area contributed by atoms with Crippen molar-refractivity contribution in [3.8, 4) is 5.75 Å². The van der Waals surface area contributed by atoms with E-state index in [1.54, 1.807) is 7.11 Å². The number of esters is 1. The molecule has 1 saturated heterocycles. The summed E-state index contributed by atoms with van der Waals surface area (Å²) in [7, 11) is 1.64. The van der Waals surface area contributed by atoms with Crippen molar-refractivity contribution in [3.63, 3.8) is 0 Å². The molecule has 1 aliphatic rings. The summed E-state index contributed by atoms with van der Waals surface area (Å²) in [6, 6.07) is 7.79. The van der Waals surface area contributed by atoms with Crippen LogP contribution in [0.25, 0.3) is 0 Å². The molecule has 0 saturated carbocycles. The Bertz CT molecular complexity index is 389. The highest BCUT2D eigenvalue weighted by Gasteiger charge is 2.25. The maximum absolute atomic E-state index is 11.1. The van der Waals surface area contributed by atoms with Crippen molar-refractivity contribution in [3.05, 3.63) is 29.8 Å². The number of cyclic esters (lactones) is 1. The molecule has 17 heavy (non-hydrogen) atoms. The topological polar surface area (TPSA) is 44.8 Å². The van der Waals surface area contributed by atoms with Crippen LogP contribution in [0.4, 0.5) is 0 Å². The fourth-order valence-corrected chi connectivity index (χ4v) is 1.83. The molecule has 0 aliphatic carbocycles. The average molecular weight is 236 g/mol. The van der Waals surface area contributed by atoms with Gasteiger partial charge in [-0.3, -0.25) is 4.79 Å². The molecule has 1 fully saturated rings. The highest BCUT2D eigenvalue weighted by molar-refractivity contribution is 5.72. The third-order valence-electron chi connectivity index (χ3n) is 2.74. The molecule has 0 amide bonds. The van der Waals surface area contributed by atoms with Gasteiger partial charge in [-0.05, 0) is 17.7 Å². The van der Waals surface area contributed by atoms with Crippen molar-refractivity contribution in [2.75, 3.05) is 26.9 Å². The second kappa shape index (κ2) is 5.68. The minimum absolute atomic E-state index is 0.124. The first-order valence-electron chi connectivity index (χ1n) is 5.67. The van der Waals surface area contributed by atoms with Crippen LogP contribution in [0.5, 0.6) is 5.75 Å². The minimum atomic E-state index is -0.124. The molecule has 1 aromatic rings. The van der Waals surface area contributed by atoms with Crippen LogP contribution in [0.15, 0.2) is 24.3 Å². The molecular formula is C13H16O4. The summed E-state index contributed by atoms with van der Waals surface area (Å²) < 4.78 is 15.4. The van der Waals surface area contributed by atoms with E-state index in [4.69, 9.17) is 14.2 Å². The Morgan fingerprint density at radius 1 is 1.41 bits per heavy atom. The minimum Gasteiger partial charge on any atom is -0.491 e. The lowest BCUT2D eigenvalue weighted by molar-refractivity contribution is -0.137. The zero-order valence-electron chi connectivity index (χ0n) is 9.85. The number of ether oxygens (including phenoxy) is 3. The van der Waals surface area contributed by atoms with E-state index in [9.17, 15) is 4.79 Å². The van der Waals surface area contributed by atoms with Crippen LogP contribution in [-0.2, 0) is 14.3 Å². The largest absolute Gasteiger partial charge is 0.491 e. The van der Waals surface area contributed by atoms with E-state index in [-0.39, 0.29) is 11.9 Å². The smallest absolute Gasteiger partial charge is 0.306 e. The Hall–Kier alpha value is -1.55. The van der Waals surface area contributed by atoms with Crippen molar-refractivity contribution in [1.82, 2.24) is 0 Å². The Morgan fingerprint density at radius 2 is 2.29 bits per heavy atom. The van der Waals surface area contributed by atoms with Crippen molar-refractivity contribution in [2.45, 2.75) is 12.3 Å². The first kappa shape index (κ1) is 11.9. The lowest BCUT2D eigenvalue weighted by Gasteiger charge is -2.10. The van der Waals surface area contributed by atoms with E-state index in [0.717, 1.165) is 11.3 Å². The molecule has 0 bridgehead atoms. The predicted molar refractivity (Wildman–Crippen MR) is 62.1 cm³/mol. The van der Waals surface area contributed by atoms with Gasteiger partial charge in [-0.1, -0.05) is 12.1 Å². The van der Waals surface area contributed by atoms with Gasteiger partial charge >= 0.3 is 5.97 Å². The number of hydrogen-bond donors (Lipinski definition) is 0. The Morgan fingerprint density at radius 3 is 3.00 bits per heavy atom. The number of carbonyl (C=O) groups excluding carboxylic acids is 1. The molecule has 1 aromatic carbocycles. The lowest BCUT2D eigenvalue weighted by Crippen LogP contribution is -2.05. The molecule has 4 nitrogen and oxygen atoms in total. The summed E-state index contributed by atoms with van der Waals surface area (Å²) in [5.41, 5.74) is 1.09. The third kappa shape index (κ3) is 3.20. The molecule has 2 rings (SSSR count). The van der Waals surface area contributed by atoms with E-state index in [1.165, 1.54) is 0 Å². The van der Waals surface area contributed by atoms with Crippen LogP contribution in [0.2, 0.25) is 0 Å². The van der Waals surface area contributed by atoms with Gasteiger partial charge in [0.15, 0.2) is 0 Å². The van der Waals surface area contributed by atoms with Gasteiger partial charge in [-0.2, -0.15) is 0 Å². The second-order valence-electron chi connectivity index (χ2n) is 4.00. The first-order chi connectivity index (χ1) is 8.29. The molecule has 0 aromatic heterocycles. The summed E-state index contributed by atoms with van der Waals surface area (Å²) in [6.07, 6.45) is 0.460. The number of carbonyl (C=O) groups is 1. The summed E-state index contributed by atoms with van der Waals surface area (Å²) in [4.78, 5) is 11.1. The zero-order chi connectivity index (χ0) is 12.1. The van der Waals surface area contributed by atoms with Crippen molar-refractivity contribution < 1.29 is 19.0 Å². The predicted octanol–water partition coefficient (Wildman–Crippen LogP) is 1.74. The Kier molecular flexibility index (Phi) is 3.98. The molecule has 1 heterocycles. The van der Waals surface area contributed by atoms with Gasteiger partial charge in [-0.25, -0.2) is 0 Å². The number of hydrogen-bond acceptors (Lipinski definition) is 4. The van der Waals surface area contributed by atoms with Gasteiger partial charge in [-0.15, -0.1) is 0 Å². The van der Waals surface area contributed by atoms with Gasteiger partial charge < -0.3 is 14.2 Å². The number of methoxy groups -OCH3 is 1. The molecule has 1 atom stereocenters. The zero-order valence-corrected chi connectivity index (χ0v) is 9.85. The van der Waals surface area contributed by atoms with E-state index < -0.39 is 0 Å². The summed E-state index contributed by atoms with van der Waals surface area (Å²) >= 11 is 0. The third-order valence-corrected chi connectivity index (χ3v) is 2.74. The molecule has 1 aliphatic heterocycles. The normalized spacial score (nSPS) is 19.1. The van der Waals surface area contributed by atoms with Gasteiger partial charge in [0.1, 0.15) is 12.4 Å². The Labute approximate surface area is 100 Å². The number of rotatable bonds is 5. The molecule has 92 valence electrons. The van der Waals surface area contributed by atoms with Gasteiger partial charge in [0.05, 0.1) is 19.6 Å². The SMILES string of the molecule is COCCOc1cccc([C@H]2COC(=O)C2)c1. The fraction of sp³-hybridized carbons (Fsp3) is 0.462. The van der Waals surface area contributed by atoms with E-state index in [1.807, 2.05) is 24.3 Å². The second-order valence-corrected chi connectivity index (χ2v) is 4.00. The standard InChI is InChI=1S/C13H16O4/c1-15-5-6-16-12-4-2-3-10(7-12)11-8-13(14)17-9-11/h2-4,7,11H,5-6,8-9H2,1H3/t11-/m1/s1. The van der Waals surface area contributed by atoms with Crippen molar-refractivity contribution in [1.29, 1.82) is 0 Å². The average Bonchev–Trinajstić information content (AvgIpc) is 2.77. The molecule has 0 spiro atoms. The van der Waals surface area contributed by atoms with Crippen LogP contribution in [-0.4, -0.2) is 32.9 Å². The van der Waals surface area contributed by atoms with Gasteiger partial charge in [0, 0.05) is 13.0 Å². The highest BCUT2D eigenvalue weighted by atomic mass is 16.5. The highest BCUT2D eigenvalue weighted by Crippen LogP contribution is 2.28. The maximum Gasteiger partial charge on any atom is 0.306 e. The number of benzene rings is 1. The fourth-order valence-electron chi connectivity index (χ4n) is 1.83. The van der Waals surface area contributed by atoms with Gasteiger partial charge in [0.25, 0.3) is 0 Å². The first-order valence-corrected chi connectivity index (χ1v) is 5.67. The maximum atomic E-state index is 11.1. The molecule has 0 N–H and O–H groups in total. The van der Waals surface area contributed by atoms with E-state index in [0.29, 0.717) is 26.2 Å². The van der Waals surface area contributed by atoms with Gasteiger partial charge in [0.2, 0.25) is 0 Å². The van der Waals surface area contributed by atoms with Crippen molar-refractivity contribution >= 4 is 5.97 Å².